The second kappa shape index (κ2) is 4.08. The van der Waals surface area contributed by atoms with Crippen molar-refractivity contribution >= 4 is 0 Å². The molecule has 1 nitrogen and oxygen atoms in total. The van der Waals surface area contributed by atoms with E-state index in [2.05, 4.69) is 20.4 Å². The number of aliphatic hydroxyl groups is 1. The first kappa shape index (κ1) is 9.79. The normalized spacial score (nSPS) is 36.4. The van der Waals surface area contributed by atoms with Gasteiger partial charge < -0.3 is 5.11 Å². The van der Waals surface area contributed by atoms with Crippen LogP contribution in [0.2, 0.25) is 0 Å². The number of hydrogen-bond donors (Lipinski definition) is 1. The molecular formula is C11H20O. The van der Waals surface area contributed by atoms with Crippen LogP contribution in [0.5, 0.6) is 0 Å². The smallest absolute Gasteiger partial charge is 0.0607 e. The molecule has 1 aliphatic carbocycles. The minimum absolute atomic E-state index is 0.124. The van der Waals surface area contributed by atoms with Crippen LogP contribution in [0.4, 0.5) is 0 Å². The number of hydrogen-bond acceptors (Lipinski definition) is 1. The molecule has 1 N–H and O–H groups in total. The molecule has 0 spiro atoms. The van der Waals surface area contributed by atoms with Crippen LogP contribution >= 0.6 is 0 Å². The maximum Gasteiger partial charge on any atom is 0.0607 e. The summed E-state index contributed by atoms with van der Waals surface area (Å²) in [5.74, 6) is 1.08. The summed E-state index contributed by atoms with van der Waals surface area (Å²) in [6.07, 6.45) is 4.23. The van der Waals surface area contributed by atoms with Crippen molar-refractivity contribution in [3.8, 4) is 0 Å². The molecular weight excluding hydrogens is 148 g/mol. The first-order chi connectivity index (χ1) is 5.65. The minimum Gasteiger partial charge on any atom is -0.392 e. The summed E-state index contributed by atoms with van der Waals surface area (Å²) in [7, 11) is 0. The zero-order valence-electron chi connectivity index (χ0n) is 8.21. The highest BCUT2D eigenvalue weighted by molar-refractivity contribution is 5.04. The molecule has 1 rings (SSSR count). The molecule has 0 aromatic heterocycles. The van der Waals surface area contributed by atoms with Gasteiger partial charge in [-0.2, -0.15) is 0 Å². The molecule has 1 heteroatoms. The molecule has 0 aromatic rings. The molecule has 12 heavy (non-hydrogen) atoms. The van der Waals surface area contributed by atoms with Crippen LogP contribution in [-0.2, 0) is 0 Å². The van der Waals surface area contributed by atoms with Crippen molar-refractivity contribution in [2.45, 2.75) is 45.6 Å². The summed E-state index contributed by atoms with van der Waals surface area (Å²) in [4.78, 5) is 0. The summed E-state index contributed by atoms with van der Waals surface area (Å²) in [5.41, 5.74) is 1.23. The fourth-order valence-electron chi connectivity index (χ4n) is 2.09. The summed E-state index contributed by atoms with van der Waals surface area (Å²) < 4.78 is 0. The van der Waals surface area contributed by atoms with Crippen LogP contribution in [0.25, 0.3) is 0 Å². The maximum atomic E-state index is 9.78. The van der Waals surface area contributed by atoms with Gasteiger partial charge in [-0.25, -0.2) is 0 Å². The third-order valence-electron chi connectivity index (χ3n) is 3.06. The summed E-state index contributed by atoms with van der Waals surface area (Å²) in [6.45, 7) is 8.35. The lowest BCUT2D eigenvalue weighted by atomic mass is 9.77. The highest BCUT2D eigenvalue weighted by Gasteiger charge is 2.27. The molecule has 3 atom stereocenters. The Morgan fingerprint density at radius 2 is 2.17 bits per heavy atom. The molecule has 0 unspecified atom stereocenters. The van der Waals surface area contributed by atoms with E-state index in [0.717, 1.165) is 19.3 Å². The lowest BCUT2D eigenvalue weighted by Crippen LogP contribution is -2.29. The summed E-state index contributed by atoms with van der Waals surface area (Å²) >= 11 is 0. The van der Waals surface area contributed by atoms with Gasteiger partial charge in [0.25, 0.3) is 0 Å². The van der Waals surface area contributed by atoms with Crippen LogP contribution in [0.1, 0.15) is 39.5 Å². The molecule has 1 aliphatic rings. The van der Waals surface area contributed by atoms with E-state index in [1.54, 1.807) is 0 Å². The monoisotopic (exact) mass is 168 g/mol. The van der Waals surface area contributed by atoms with Gasteiger partial charge in [0.1, 0.15) is 0 Å². The second-order valence-corrected chi connectivity index (χ2v) is 4.10. The highest BCUT2D eigenvalue weighted by Crippen LogP contribution is 2.33. The largest absolute Gasteiger partial charge is 0.392 e. The summed E-state index contributed by atoms with van der Waals surface area (Å²) in [5, 5.41) is 9.78. The second-order valence-electron chi connectivity index (χ2n) is 4.10. The van der Waals surface area contributed by atoms with Gasteiger partial charge in [0.05, 0.1) is 6.10 Å². The predicted molar refractivity (Wildman–Crippen MR) is 51.9 cm³/mol. The van der Waals surface area contributed by atoms with Gasteiger partial charge in [0, 0.05) is 5.92 Å². The molecule has 0 heterocycles. The van der Waals surface area contributed by atoms with E-state index >= 15 is 0 Å². The molecule has 1 saturated carbocycles. The Balaban J connectivity index is 2.50. The van der Waals surface area contributed by atoms with Gasteiger partial charge in [-0.15, -0.1) is 0 Å². The van der Waals surface area contributed by atoms with Crippen LogP contribution in [0, 0.1) is 11.8 Å². The van der Waals surface area contributed by atoms with E-state index in [0.29, 0.717) is 11.8 Å². The molecule has 0 saturated heterocycles. The Morgan fingerprint density at radius 3 is 2.67 bits per heavy atom. The lowest BCUT2D eigenvalue weighted by Gasteiger charge is -2.32. The van der Waals surface area contributed by atoms with Gasteiger partial charge in [0.15, 0.2) is 0 Å². The Labute approximate surface area is 75.5 Å². The average Bonchev–Trinajstić information content (AvgIpc) is 2.03. The molecule has 0 radical (unpaired) electrons. The first-order valence-corrected chi connectivity index (χ1v) is 5.00. The third kappa shape index (κ3) is 2.10. The minimum atomic E-state index is -0.124. The van der Waals surface area contributed by atoms with Crippen molar-refractivity contribution in [2.75, 3.05) is 0 Å². The van der Waals surface area contributed by atoms with Gasteiger partial charge in [0.2, 0.25) is 0 Å². The van der Waals surface area contributed by atoms with Gasteiger partial charge in [-0.05, 0) is 31.6 Å². The molecule has 1 fully saturated rings. The van der Waals surface area contributed by atoms with E-state index < -0.39 is 0 Å². The first-order valence-electron chi connectivity index (χ1n) is 5.00. The van der Waals surface area contributed by atoms with Crippen molar-refractivity contribution in [1.29, 1.82) is 0 Å². The quantitative estimate of drug-likeness (QED) is 0.629. The molecule has 0 aliphatic heterocycles. The average molecular weight is 168 g/mol. The fraction of sp³-hybridized carbons (Fsp3) is 0.818. The molecule has 0 bridgehead atoms. The number of aliphatic hydroxyl groups excluding tert-OH is 1. The van der Waals surface area contributed by atoms with E-state index in [1.165, 1.54) is 12.0 Å². The van der Waals surface area contributed by atoms with Crippen molar-refractivity contribution in [2.24, 2.45) is 11.8 Å². The highest BCUT2D eigenvalue weighted by atomic mass is 16.3. The molecule has 0 amide bonds. The zero-order valence-corrected chi connectivity index (χ0v) is 8.21. The van der Waals surface area contributed by atoms with Crippen molar-refractivity contribution < 1.29 is 5.11 Å². The fourth-order valence-corrected chi connectivity index (χ4v) is 2.09. The van der Waals surface area contributed by atoms with E-state index in [4.69, 9.17) is 0 Å². The topological polar surface area (TPSA) is 20.2 Å². The standard InChI is InChI=1S/C11H20O/c1-4-9(3)10-6-5-8(2)7-11(10)12/h8,10-12H,3-7H2,1-2H3/t8-,10+,11-/m1/s1. The Bertz CT molecular complexity index is 162. The van der Waals surface area contributed by atoms with E-state index in [9.17, 15) is 5.11 Å². The van der Waals surface area contributed by atoms with Crippen molar-refractivity contribution in [1.82, 2.24) is 0 Å². The zero-order chi connectivity index (χ0) is 9.14. The Kier molecular flexibility index (Phi) is 3.33. The SMILES string of the molecule is C=C(CC)[C@@H]1CC[C@@H](C)C[C@H]1O. The van der Waals surface area contributed by atoms with Gasteiger partial charge >= 0.3 is 0 Å². The van der Waals surface area contributed by atoms with Gasteiger partial charge in [-0.3, -0.25) is 0 Å². The molecule has 70 valence electrons. The molecule has 0 aromatic carbocycles. The van der Waals surface area contributed by atoms with Crippen LogP contribution in [0.3, 0.4) is 0 Å². The Hall–Kier alpha value is -0.300. The lowest BCUT2D eigenvalue weighted by molar-refractivity contribution is 0.0644. The maximum absolute atomic E-state index is 9.78. The van der Waals surface area contributed by atoms with E-state index in [-0.39, 0.29) is 6.10 Å². The predicted octanol–water partition coefficient (Wildman–Crippen LogP) is 2.75. The summed E-state index contributed by atoms with van der Waals surface area (Å²) in [6, 6.07) is 0. The number of rotatable bonds is 2. The van der Waals surface area contributed by atoms with Crippen LogP contribution in [0.15, 0.2) is 12.2 Å². The Morgan fingerprint density at radius 1 is 1.50 bits per heavy atom. The van der Waals surface area contributed by atoms with Gasteiger partial charge in [-0.1, -0.05) is 26.0 Å². The van der Waals surface area contributed by atoms with E-state index in [1.807, 2.05) is 0 Å². The van der Waals surface area contributed by atoms with Crippen LogP contribution in [-0.4, -0.2) is 11.2 Å². The third-order valence-corrected chi connectivity index (χ3v) is 3.06. The van der Waals surface area contributed by atoms with Crippen molar-refractivity contribution in [3.63, 3.8) is 0 Å². The van der Waals surface area contributed by atoms with Crippen LogP contribution < -0.4 is 0 Å². The van der Waals surface area contributed by atoms with Crippen molar-refractivity contribution in [3.05, 3.63) is 12.2 Å².